The summed E-state index contributed by atoms with van der Waals surface area (Å²) in [5.41, 5.74) is -0.704. The van der Waals surface area contributed by atoms with Gasteiger partial charge in [-0.2, -0.15) is 5.10 Å². The number of carbonyl (C=O) groups excluding carboxylic acids is 1. The first-order valence-corrected chi connectivity index (χ1v) is 7.62. The highest BCUT2D eigenvalue weighted by molar-refractivity contribution is 5.90. The number of rotatable bonds is 4. The number of nitrogens with zero attached hydrogens (tertiary/aromatic N) is 2. The largest absolute Gasteiger partial charge is 0.324 e. The van der Waals surface area contributed by atoms with Gasteiger partial charge in [-0.1, -0.05) is 12.1 Å². The number of carbonyl (C=O) groups is 1. The Morgan fingerprint density at radius 1 is 0.963 bits per heavy atom. The lowest BCUT2D eigenvalue weighted by Gasteiger charge is -2.09. The van der Waals surface area contributed by atoms with E-state index in [1.165, 1.54) is 24.3 Å². The molecule has 0 aliphatic heterocycles. The summed E-state index contributed by atoms with van der Waals surface area (Å²) < 4.78 is 53.9. The minimum atomic E-state index is -1.66. The van der Waals surface area contributed by atoms with Gasteiger partial charge in [0.2, 0.25) is 5.91 Å². The zero-order chi connectivity index (χ0) is 19.6. The molecule has 0 saturated heterocycles. The molecule has 0 saturated carbocycles. The smallest absolute Gasteiger partial charge is 0.267 e. The molecule has 3 rings (SSSR count). The van der Waals surface area contributed by atoms with E-state index in [1.54, 1.807) is 6.07 Å². The number of nitrogens with one attached hydrogen (secondary N) is 1. The third-order valence-corrected chi connectivity index (χ3v) is 3.58. The molecule has 0 bridgehead atoms. The van der Waals surface area contributed by atoms with Crippen molar-refractivity contribution in [2.45, 2.75) is 6.54 Å². The zero-order valence-corrected chi connectivity index (χ0v) is 13.5. The summed E-state index contributed by atoms with van der Waals surface area (Å²) in [4.78, 5) is 23.9. The van der Waals surface area contributed by atoms with Crippen molar-refractivity contribution < 1.29 is 22.4 Å². The van der Waals surface area contributed by atoms with Gasteiger partial charge in [-0.15, -0.1) is 0 Å². The number of hydrogen-bond acceptors (Lipinski definition) is 3. The highest BCUT2D eigenvalue weighted by Crippen LogP contribution is 2.19. The summed E-state index contributed by atoms with van der Waals surface area (Å²) in [6.45, 7) is -0.595. The predicted octanol–water partition coefficient (Wildman–Crippen LogP) is 3.11. The highest BCUT2D eigenvalue weighted by atomic mass is 19.2. The maximum Gasteiger partial charge on any atom is 0.267 e. The molecule has 1 N–H and O–H groups in total. The van der Waals surface area contributed by atoms with E-state index in [0.717, 1.165) is 10.7 Å². The third kappa shape index (κ3) is 4.02. The Kier molecular flexibility index (Phi) is 5.02. The van der Waals surface area contributed by atoms with Crippen LogP contribution < -0.4 is 10.9 Å². The van der Waals surface area contributed by atoms with E-state index in [4.69, 9.17) is 0 Å². The van der Waals surface area contributed by atoms with Crippen molar-refractivity contribution in [2.75, 3.05) is 5.32 Å². The quantitative estimate of drug-likeness (QED) is 0.561. The Labute approximate surface area is 149 Å². The zero-order valence-electron chi connectivity index (χ0n) is 13.5. The lowest BCUT2D eigenvalue weighted by molar-refractivity contribution is -0.117. The van der Waals surface area contributed by atoms with Gasteiger partial charge < -0.3 is 5.32 Å². The molecule has 5 nitrogen and oxygen atoms in total. The maximum absolute atomic E-state index is 13.9. The number of anilines is 1. The van der Waals surface area contributed by atoms with E-state index in [1.807, 2.05) is 0 Å². The van der Waals surface area contributed by atoms with Crippen molar-refractivity contribution in [3.63, 3.8) is 0 Å². The first-order chi connectivity index (χ1) is 12.8. The molecule has 1 amide bonds. The molecule has 138 valence electrons. The van der Waals surface area contributed by atoms with Crippen LogP contribution in [0.25, 0.3) is 11.3 Å². The van der Waals surface area contributed by atoms with Crippen molar-refractivity contribution in [1.29, 1.82) is 0 Å². The first-order valence-electron chi connectivity index (χ1n) is 7.62. The SMILES string of the molecule is O=C(Cn1nc(-c2ccccc2F)ccc1=O)Nc1cc(F)c(F)c(F)c1. The molecular formula is C18H11F4N3O2. The molecule has 0 spiro atoms. The van der Waals surface area contributed by atoms with Crippen molar-refractivity contribution >= 4 is 11.6 Å². The van der Waals surface area contributed by atoms with Crippen molar-refractivity contribution in [1.82, 2.24) is 9.78 Å². The summed E-state index contributed by atoms with van der Waals surface area (Å²) in [5, 5.41) is 6.07. The number of halogens is 4. The molecule has 0 fully saturated rings. The van der Waals surface area contributed by atoms with Gasteiger partial charge in [0.05, 0.1) is 5.69 Å². The Morgan fingerprint density at radius 2 is 1.63 bits per heavy atom. The van der Waals surface area contributed by atoms with Gasteiger partial charge in [-0.05, 0) is 18.2 Å². The Bertz CT molecular complexity index is 1060. The summed E-state index contributed by atoms with van der Waals surface area (Å²) >= 11 is 0. The maximum atomic E-state index is 13.9. The number of amides is 1. The van der Waals surface area contributed by atoms with E-state index >= 15 is 0 Å². The molecule has 3 aromatic rings. The molecule has 27 heavy (non-hydrogen) atoms. The average Bonchev–Trinajstić information content (AvgIpc) is 2.62. The minimum absolute atomic E-state index is 0.124. The normalized spacial score (nSPS) is 10.7. The van der Waals surface area contributed by atoms with Crippen molar-refractivity contribution in [2.24, 2.45) is 0 Å². The summed E-state index contributed by atoms with van der Waals surface area (Å²) in [6.07, 6.45) is 0. The van der Waals surface area contributed by atoms with Gasteiger partial charge in [-0.3, -0.25) is 9.59 Å². The van der Waals surface area contributed by atoms with Crippen LogP contribution in [0.3, 0.4) is 0 Å². The van der Waals surface area contributed by atoms with Crippen LogP contribution in [0.2, 0.25) is 0 Å². The Morgan fingerprint density at radius 3 is 2.30 bits per heavy atom. The van der Waals surface area contributed by atoms with Crippen LogP contribution in [-0.4, -0.2) is 15.7 Å². The standard InChI is InChI=1S/C18H11F4N3O2/c19-12-4-2-1-3-11(12)15-5-6-17(27)25(24-15)9-16(26)23-10-7-13(20)18(22)14(21)8-10/h1-8H,9H2,(H,23,26). The van der Waals surface area contributed by atoms with Gasteiger partial charge in [0.25, 0.3) is 5.56 Å². The van der Waals surface area contributed by atoms with Crippen LogP contribution >= 0.6 is 0 Å². The second-order valence-electron chi connectivity index (χ2n) is 5.50. The van der Waals surface area contributed by atoms with E-state index < -0.39 is 41.3 Å². The number of aromatic nitrogens is 2. The van der Waals surface area contributed by atoms with Crippen molar-refractivity contribution in [3.8, 4) is 11.3 Å². The molecule has 0 aliphatic carbocycles. The van der Waals surface area contributed by atoms with Gasteiger partial charge in [-0.25, -0.2) is 22.2 Å². The minimum Gasteiger partial charge on any atom is -0.324 e. The Balaban J connectivity index is 1.83. The number of benzene rings is 2. The van der Waals surface area contributed by atoms with E-state index in [9.17, 15) is 27.2 Å². The monoisotopic (exact) mass is 377 g/mol. The van der Waals surface area contributed by atoms with Crippen LogP contribution in [0, 0.1) is 23.3 Å². The fraction of sp³-hybridized carbons (Fsp3) is 0.0556. The van der Waals surface area contributed by atoms with Gasteiger partial charge in [0.15, 0.2) is 17.5 Å². The van der Waals surface area contributed by atoms with Gasteiger partial charge in [0, 0.05) is 29.4 Å². The topological polar surface area (TPSA) is 64.0 Å². The van der Waals surface area contributed by atoms with Crippen LogP contribution in [0.4, 0.5) is 23.2 Å². The van der Waals surface area contributed by atoms with Crippen molar-refractivity contribution in [3.05, 3.63) is 82.2 Å². The van der Waals surface area contributed by atoms with E-state index in [2.05, 4.69) is 10.4 Å². The Hall–Kier alpha value is -3.49. The highest BCUT2D eigenvalue weighted by Gasteiger charge is 2.14. The van der Waals surface area contributed by atoms with Gasteiger partial charge >= 0.3 is 0 Å². The van der Waals surface area contributed by atoms with Crippen LogP contribution in [-0.2, 0) is 11.3 Å². The molecule has 2 aromatic carbocycles. The molecule has 1 heterocycles. The van der Waals surface area contributed by atoms with Crippen LogP contribution in [0.15, 0.2) is 53.3 Å². The fourth-order valence-electron chi connectivity index (χ4n) is 2.34. The summed E-state index contributed by atoms with van der Waals surface area (Å²) in [5.74, 6) is -6.00. The summed E-state index contributed by atoms with van der Waals surface area (Å²) in [7, 11) is 0. The fourth-order valence-corrected chi connectivity index (χ4v) is 2.34. The molecule has 0 unspecified atom stereocenters. The second-order valence-corrected chi connectivity index (χ2v) is 5.50. The first kappa shape index (κ1) is 18.3. The van der Waals surface area contributed by atoms with Gasteiger partial charge in [0.1, 0.15) is 12.4 Å². The number of hydrogen-bond donors (Lipinski definition) is 1. The average molecular weight is 377 g/mol. The van der Waals surface area contributed by atoms with E-state index in [0.29, 0.717) is 12.1 Å². The van der Waals surface area contributed by atoms with E-state index in [-0.39, 0.29) is 16.9 Å². The summed E-state index contributed by atoms with van der Waals surface area (Å²) in [6, 6.07) is 9.36. The molecule has 0 radical (unpaired) electrons. The molecule has 9 heteroatoms. The third-order valence-electron chi connectivity index (χ3n) is 3.58. The molecule has 1 aromatic heterocycles. The lowest BCUT2D eigenvalue weighted by atomic mass is 10.1. The lowest BCUT2D eigenvalue weighted by Crippen LogP contribution is -2.29. The molecule has 0 aliphatic rings. The van der Waals surface area contributed by atoms with Crippen LogP contribution in [0.5, 0.6) is 0 Å². The molecular weight excluding hydrogens is 366 g/mol. The molecule has 0 atom stereocenters. The van der Waals surface area contributed by atoms with Crippen LogP contribution in [0.1, 0.15) is 0 Å². The predicted molar refractivity (Wildman–Crippen MR) is 88.8 cm³/mol. The second kappa shape index (κ2) is 7.40.